The van der Waals surface area contributed by atoms with Gasteiger partial charge in [0.05, 0.1) is 6.61 Å². The minimum Gasteiger partial charge on any atom is -0.395 e. The van der Waals surface area contributed by atoms with Gasteiger partial charge in [0.1, 0.15) is 0 Å². The summed E-state index contributed by atoms with van der Waals surface area (Å²) in [5.74, 6) is -0.354. The van der Waals surface area contributed by atoms with Crippen LogP contribution in [0.25, 0.3) is 0 Å². The lowest BCUT2D eigenvalue weighted by atomic mass is 10.4. The highest BCUT2D eigenvalue weighted by Crippen LogP contribution is 2.23. The van der Waals surface area contributed by atoms with Crippen molar-refractivity contribution in [3.05, 3.63) is 0 Å². The van der Waals surface area contributed by atoms with Gasteiger partial charge in [-0.3, -0.25) is 4.79 Å². The molecule has 0 aliphatic rings. The van der Waals surface area contributed by atoms with Crippen LogP contribution >= 0.6 is 11.3 Å². The number of anilines is 1. The van der Waals surface area contributed by atoms with Crippen molar-refractivity contribution in [2.75, 3.05) is 19.0 Å². The maximum atomic E-state index is 12.0. The molecule has 1 aromatic heterocycles. The molecule has 0 saturated heterocycles. The Balaban J connectivity index is 2.99. The van der Waals surface area contributed by atoms with E-state index in [1.807, 2.05) is 0 Å². The number of hydrogen-bond acceptors (Lipinski definition) is 7. The predicted molar refractivity (Wildman–Crippen MR) is 65.7 cm³/mol. The molecular weight excluding hydrogens is 280 g/mol. The van der Waals surface area contributed by atoms with Gasteiger partial charge in [0.15, 0.2) is 0 Å². The predicted octanol–water partition coefficient (Wildman–Crippen LogP) is -0.502. The topological polar surface area (TPSA) is 112 Å². The zero-order valence-electron chi connectivity index (χ0n) is 10.1. The number of nitrogens with one attached hydrogen (secondary N) is 1. The number of sulfonamides is 1. The lowest BCUT2D eigenvalue weighted by Gasteiger charge is -2.20. The van der Waals surface area contributed by atoms with Gasteiger partial charge >= 0.3 is 0 Å². The standard InChI is InChI=1S/C8H14N4O4S2/c1-5(4-13)12(3)18(15,16)8-11-10-7(17-8)9-6(2)14/h5,13H,4H2,1-3H3,(H,9,10,14). The summed E-state index contributed by atoms with van der Waals surface area (Å²) in [7, 11) is -2.46. The molecule has 0 bridgehead atoms. The van der Waals surface area contributed by atoms with E-state index in [1.54, 1.807) is 6.92 Å². The molecule has 0 aliphatic carbocycles. The van der Waals surface area contributed by atoms with Crippen molar-refractivity contribution in [2.24, 2.45) is 0 Å². The average Bonchev–Trinajstić information content (AvgIpc) is 2.75. The molecule has 0 spiro atoms. The second kappa shape index (κ2) is 5.69. The number of aliphatic hydroxyl groups excluding tert-OH is 1. The van der Waals surface area contributed by atoms with E-state index in [4.69, 9.17) is 5.11 Å². The smallest absolute Gasteiger partial charge is 0.272 e. The lowest BCUT2D eigenvalue weighted by Crippen LogP contribution is -2.37. The Morgan fingerprint density at radius 3 is 2.67 bits per heavy atom. The summed E-state index contributed by atoms with van der Waals surface area (Å²) >= 11 is 0.759. The van der Waals surface area contributed by atoms with Gasteiger partial charge in [-0.2, -0.15) is 4.31 Å². The van der Waals surface area contributed by atoms with Crippen molar-refractivity contribution in [1.29, 1.82) is 0 Å². The normalized spacial score (nSPS) is 13.6. The molecule has 0 aliphatic heterocycles. The first-order valence-corrected chi connectivity index (χ1v) is 7.24. The molecule has 1 heterocycles. The van der Waals surface area contributed by atoms with Gasteiger partial charge in [-0.15, -0.1) is 10.2 Å². The van der Waals surface area contributed by atoms with E-state index in [0.29, 0.717) is 0 Å². The van der Waals surface area contributed by atoms with E-state index in [9.17, 15) is 13.2 Å². The largest absolute Gasteiger partial charge is 0.395 e. The van der Waals surface area contributed by atoms with Gasteiger partial charge in [0.2, 0.25) is 15.4 Å². The van der Waals surface area contributed by atoms with E-state index < -0.39 is 16.1 Å². The molecule has 102 valence electrons. The maximum absolute atomic E-state index is 12.0. The van der Waals surface area contributed by atoms with E-state index in [1.165, 1.54) is 14.0 Å². The third-order valence-electron chi connectivity index (χ3n) is 2.17. The van der Waals surface area contributed by atoms with Crippen LogP contribution in [0.4, 0.5) is 5.13 Å². The summed E-state index contributed by atoms with van der Waals surface area (Å²) in [4.78, 5) is 10.8. The monoisotopic (exact) mass is 294 g/mol. The summed E-state index contributed by atoms with van der Waals surface area (Å²) in [5, 5.41) is 18.5. The summed E-state index contributed by atoms with van der Waals surface area (Å²) in [6, 6.07) is -0.567. The molecule has 1 aromatic rings. The summed E-state index contributed by atoms with van der Waals surface area (Å²) in [5.41, 5.74) is 0. The number of amides is 1. The highest BCUT2D eigenvalue weighted by Gasteiger charge is 2.29. The van der Waals surface area contributed by atoms with E-state index >= 15 is 0 Å². The SMILES string of the molecule is CC(=O)Nc1nnc(S(=O)(=O)N(C)C(C)CO)s1. The Morgan fingerprint density at radius 2 is 2.17 bits per heavy atom. The minimum atomic E-state index is -3.80. The molecule has 10 heteroatoms. The molecule has 0 saturated carbocycles. The van der Waals surface area contributed by atoms with Crippen molar-refractivity contribution < 1.29 is 18.3 Å². The number of likely N-dealkylation sites (N-methyl/N-ethyl adjacent to an activating group) is 1. The maximum Gasteiger partial charge on any atom is 0.272 e. The van der Waals surface area contributed by atoms with E-state index in [-0.39, 0.29) is 22.0 Å². The Labute approximate surface area is 109 Å². The van der Waals surface area contributed by atoms with Crippen LogP contribution in [-0.4, -0.2) is 53.6 Å². The number of hydrogen-bond donors (Lipinski definition) is 2. The van der Waals surface area contributed by atoms with Crippen molar-refractivity contribution in [1.82, 2.24) is 14.5 Å². The fourth-order valence-corrected chi connectivity index (χ4v) is 3.46. The quantitative estimate of drug-likeness (QED) is 0.708. The summed E-state index contributed by atoms with van der Waals surface area (Å²) < 4.78 is 24.9. The Morgan fingerprint density at radius 1 is 1.56 bits per heavy atom. The Bertz CT molecular complexity index is 527. The molecule has 1 atom stereocenters. The number of carbonyl (C=O) groups is 1. The van der Waals surface area contributed by atoms with Crippen molar-refractivity contribution in [3.8, 4) is 0 Å². The molecular formula is C8H14N4O4S2. The third-order valence-corrected chi connectivity index (χ3v) is 5.33. The zero-order chi connectivity index (χ0) is 13.9. The second-order valence-electron chi connectivity index (χ2n) is 3.61. The number of carbonyl (C=O) groups excluding carboxylic acids is 1. The molecule has 8 nitrogen and oxygen atoms in total. The first-order chi connectivity index (χ1) is 8.28. The first-order valence-electron chi connectivity index (χ1n) is 4.99. The molecule has 18 heavy (non-hydrogen) atoms. The van der Waals surface area contributed by atoms with Crippen LogP contribution in [-0.2, 0) is 14.8 Å². The fraction of sp³-hybridized carbons (Fsp3) is 0.625. The summed E-state index contributed by atoms with van der Waals surface area (Å²) in [6.07, 6.45) is 0. The second-order valence-corrected chi connectivity index (χ2v) is 6.76. The van der Waals surface area contributed by atoms with Crippen LogP contribution in [0.2, 0.25) is 0 Å². The van der Waals surface area contributed by atoms with E-state index in [0.717, 1.165) is 15.6 Å². The molecule has 2 N–H and O–H groups in total. The van der Waals surface area contributed by atoms with Crippen molar-refractivity contribution >= 4 is 32.4 Å². The number of aliphatic hydroxyl groups is 1. The van der Waals surface area contributed by atoms with Gasteiger partial charge in [0, 0.05) is 20.0 Å². The minimum absolute atomic E-state index is 0.117. The first kappa shape index (κ1) is 15.0. The molecule has 1 amide bonds. The van der Waals surface area contributed by atoms with Crippen LogP contribution in [0.1, 0.15) is 13.8 Å². The van der Waals surface area contributed by atoms with Gasteiger partial charge < -0.3 is 10.4 Å². The van der Waals surface area contributed by atoms with Gasteiger partial charge in [-0.25, -0.2) is 8.42 Å². The average molecular weight is 294 g/mol. The van der Waals surface area contributed by atoms with E-state index in [2.05, 4.69) is 15.5 Å². The highest BCUT2D eigenvalue weighted by atomic mass is 32.2. The van der Waals surface area contributed by atoms with Crippen molar-refractivity contribution in [3.63, 3.8) is 0 Å². The number of nitrogens with zero attached hydrogens (tertiary/aromatic N) is 3. The van der Waals surface area contributed by atoms with Crippen LogP contribution in [0.3, 0.4) is 0 Å². The number of aromatic nitrogens is 2. The fourth-order valence-electron chi connectivity index (χ4n) is 0.990. The third kappa shape index (κ3) is 3.22. The van der Waals surface area contributed by atoms with Crippen LogP contribution in [0, 0.1) is 0 Å². The van der Waals surface area contributed by atoms with Gasteiger partial charge in [0.25, 0.3) is 10.0 Å². The zero-order valence-corrected chi connectivity index (χ0v) is 11.7. The van der Waals surface area contributed by atoms with Gasteiger partial charge in [-0.05, 0) is 6.92 Å². The van der Waals surface area contributed by atoms with Crippen LogP contribution in [0.15, 0.2) is 4.34 Å². The lowest BCUT2D eigenvalue weighted by molar-refractivity contribution is -0.114. The van der Waals surface area contributed by atoms with Crippen LogP contribution < -0.4 is 5.32 Å². The molecule has 0 fully saturated rings. The molecule has 0 aromatic carbocycles. The Kier molecular flexibility index (Phi) is 4.73. The van der Waals surface area contributed by atoms with Crippen molar-refractivity contribution in [2.45, 2.75) is 24.2 Å². The number of rotatable bonds is 5. The molecule has 0 radical (unpaired) electrons. The summed E-state index contributed by atoms with van der Waals surface area (Å²) in [6.45, 7) is 2.55. The Hall–Kier alpha value is -1.10. The van der Waals surface area contributed by atoms with Crippen LogP contribution in [0.5, 0.6) is 0 Å². The molecule has 1 rings (SSSR count). The highest BCUT2D eigenvalue weighted by molar-refractivity contribution is 7.91. The van der Waals surface area contributed by atoms with Gasteiger partial charge in [-0.1, -0.05) is 11.3 Å². The molecule has 1 unspecified atom stereocenters.